The Morgan fingerprint density at radius 3 is 2.78 bits per heavy atom. The first-order chi connectivity index (χ1) is 8.88. The highest BCUT2D eigenvalue weighted by Crippen LogP contribution is 2.18. The summed E-state index contributed by atoms with van der Waals surface area (Å²) < 4.78 is 0. The molecule has 0 spiro atoms. The van der Waals surface area contributed by atoms with Gasteiger partial charge in [0.2, 0.25) is 0 Å². The van der Waals surface area contributed by atoms with E-state index in [-0.39, 0.29) is 6.61 Å². The molecular weight excluding hydrogens is 244 g/mol. The summed E-state index contributed by atoms with van der Waals surface area (Å²) in [5, 5.41) is 9.42. The van der Waals surface area contributed by atoms with Crippen LogP contribution in [0.2, 0.25) is 0 Å². The molecule has 0 aliphatic rings. The Kier molecular flexibility index (Phi) is 4.77. The van der Waals surface area contributed by atoms with Crippen molar-refractivity contribution in [2.45, 2.75) is 10.9 Å². The summed E-state index contributed by atoms with van der Waals surface area (Å²) in [5.41, 5.74) is 2.08. The normalized spacial score (nSPS) is 9.61. The van der Waals surface area contributed by atoms with Crippen LogP contribution in [0.5, 0.6) is 0 Å². The third-order valence-electron chi connectivity index (χ3n) is 2.15. The number of benzene rings is 1. The predicted octanol–water partition coefficient (Wildman–Crippen LogP) is 2.11. The fourth-order valence-corrected chi connectivity index (χ4v) is 2.13. The number of aromatic nitrogens is 2. The van der Waals surface area contributed by atoms with Crippen LogP contribution >= 0.6 is 11.8 Å². The largest absolute Gasteiger partial charge is 0.384 e. The molecule has 4 heteroatoms. The van der Waals surface area contributed by atoms with Crippen molar-refractivity contribution >= 4 is 11.8 Å². The second-order valence-electron chi connectivity index (χ2n) is 3.48. The van der Waals surface area contributed by atoms with Crippen LogP contribution in [0.25, 0.3) is 0 Å². The fourth-order valence-electron chi connectivity index (χ4n) is 1.39. The molecule has 0 aliphatic heterocycles. The zero-order valence-electron chi connectivity index (χ0n) is 9.71. The van der Waals surface area contributed by atoms with Gasteiger partial charge in [0, 0.05) is 23.7 Å². The third kappa shape index (κ3) is 3.88. The lowest BCUT2D eigenvalue weighted by atomic mass is 10.1. The SMILES string of the molecule is OCC#Cc1cccc(CSc2ncccn2)c1. The van der Waals surface area contributed by atoms with E-state index in [1.165, 1.54) is 0 Å². The van der Waals surface area contributed by atoms with Crippen molar-refractivity contribution in [3.05, 3.63) is 53.9 Å². The first kappa shape index (κ1) is 12.6. The average Bonchev–Trinajstić information content (AvgIpc) is 2.44. The maximum atomic E-state index is 8.65. The lowest BCUT2D eigenvalue weighted by molar-refractivity contribution is 0.350. The summed E-state index contributed by atoms with van der Waals surface area (Å²) in [5.74, 6) is 6.34. The minimum absolute atomic E-state index is 0.114. The van der Waals surface area contributed by atoms with Gasteiger partial charge in [-0.25, -0.2) is 9.97 Å². The molecule has 0 radical (unpaired) electrons. The Labute approximate surface area is 110 Å². The van der Waals surface area contributed by atoms with Gasteiger partial charge in [0.25, 0.3) is 0 Å². The third-order valence-corrected chi connectivity index (χ3v) is 3.10. The van der Waals surface area contributed by atoms with Crippen LogP contribution in [0.1, 0.15) is 11.1 Å². The number of nitrogens with zero attached hydrogens (tertiary/aromatic N) is 2. The molecule has 0 aliphatic carbocycles. The van der Waals surface area contributed by atoms with Gasteiger partial charge >= 0.3 is 0 Å². The van der Waals surface area contributed by atoms with Gasteiger partial charge in [0.05, 0.1) is 0 Å². The number of aliphatic hydroxyl groups is 1. The molecule has 0 atom stereocenters. The van der Waals surface area contributed by atoms with Crippen LogP contribution in [-0.4, -0.2) is 21.7 Å². The molecule has 0 bridgehead atoms. The molecule has 0 saturated heterocycles. The first-order valence-electron chi connectivity index (χ1n) is 5.47. The molecule has 0 unspecified atom stereocenters. The summed E-state index contributed by atoms with van der Waals surface area (Å²) in [4.78, 5) is 8.31. The fraction of sp³-hybridized carbons (Fsp3) is 0.143. The molecule has 2 rings (SSSR count). The Morgan fingerprint density at radius 1 is 1.17 bits per heavy atom. The van der Waals surface area contributed by atoms with E-state index in [9.17, 15) is 0 Å². The highest BCUT2D eigenvalue weighted by atomic mass is 32.2. The van der Waals surface area contributed by atoms with Crippen LogP contribution in [0.4, 0.5) is 0 Å². The monoisotopic (exact) mass is 256 g/mol. The molecule has 0 amide bonds. The van der Waals surface area contributed by atoms with Crippen LogP contribution in [0.3, 0.4) is 0 Å². The maximum Gasteiger partial charge on any atom is 0.187 e. The van der Waals surface area contributed by atoms with E-state index in [1.807, 2.05) is 24.3 Å². The topological polar surface area (TPSA) is 46.0 Å². The van der Waals surface area contributed by atoms with Crippen molar-refractivity contribution in [2.75, 3.05) is 6.61 Å². The average molecular weight is 256 g/mol. The number of hydrogen-bond donors (Lipinski definition) is 1. The molecule has 90 valence electrons. The van der Waals surface area contributed by atoms with Crippen molar-refractivity contribution in [3.8, 4) is 11.8 Å². The van der Waals surface area contributed by atoms with Crippen molar-refractivity contribution in [1.82, 2.24) is 9.97 Å². The Hall–Kier alpha value is -1.83. The van der Waals surface area contributed by atoms with Gasteiger partial charge in [-0.15, -0.1) is 0 Å². The van der Waals surface area contributed by atoms with Gasteiger partial charge in [0.15, 0.2) is 5.16 Å². The predicted molar refractivity (Wildman–Crippen MR) is 72.0 cm³/mol. The second-order valence-corrected chi connectivity index (χ2v) is 4.42. The van der Waals surface area contributed by atoms with Gasteiger partial charge in [-0.2, -0.15) is 0 Å². The van der Waals surface area contributed by atoms with E-state index in [4.69, 9.17) is 5.11 Å². The van der Waals surface area contributed by atoms with Gasteiger partial charge in [-0.1, -0.05) is 35.7 Å². The Balaban J connectivity index is 2.01. The van der Waals surface area contributed by atoms with E-state index in [0.717, 1.165) is 22.0 Å². The summed E-state index contributed by atoms with van der Waals surface area (Å²) in [6.45, 7) is -0.114. The minimum Gasteiger partial charge on any atom is -0.384 e. The van der Waals surface area contributed by atoms with Crippen molar-refractivity contribution in [1.29, 1.82) is 0 Å². The van der Waals surface area contributed by atoms with Crippen LogP contribution in [0.15, 0.2) is 47.9 Å². The van der Waals surface area contributed by atoms with Gasteiger partial charge in [0.1, 0.15) is 6.61 Å². The highest BCUT2D eigenvalue weighted by molar-refractivity contribution is 7.98. The number of rotatable bonds is 3. The van der Waals surface area contributed by atoms with E-state index in [2.05, 4.69) is 21.8 Å². The zero-order valence-corrected chi connectivity index (χ0v) is 10.5. The number of hydrogen-bond acceptors (Lipinski definition) is 4. The Morgan fingerprint density at radius 2 is 2.00 bits per heavy atom. The van der Waals surface area contributed by atoms with Crippen molar-refractivity contribution < 1.29 is 5.11 Å². The minimum atomic E-state index is -0.114. The molecule has 1 heterocycles. The summed E-state index contributed by atoms with van der Waals surface area (Å²) in [6, 6.07) is 9.74. The molecule has 0 saturated carbocycles. The molecule has 1 N–H and O–H groups in total. The molecule has 1 aromatic carbocycles. The van der Waals surface area contributed by atoms with Gasteiger partial charge in [-0.3, -0.25) is 0 Å². The maximum absolute atomic E-state index is 8.65. The summed E-state index contributed by atoms with van der Waals surface area (Å²) in [7, 11) is 0. The first-order valence-corrected chi connectivity index (χ1v) is 6.45. The lowest BCUT2D eigenvalue weighted by Gasteiger charge is -2.01. The van der Waals surface area contributed by atoms with Crippen LogP contribution in [0, 0.1) is 11.8 Å². The van der Waals surface area contributed by atoms with E-state index < -0.39 is 0 Å². The van der Waals surface area contributed by atoms with E-state index >= 15 is 0 Å². The highest BCUT2D eigenvalue weighted by Gasteiger charge is 1.98. The summed E-state index contributed by atoms with van der Waals surface area (Å²) >= 11 is 1.59. The number of aliphatic hydroxyl groups excluding tert-OH is 1. The molecule has 1 aromatic heterocycles. The smallest absolute Gasteiger partial charge is 0.187 e. The molecule has 3 nitrogen and oxygen atoms in total. The van der Waals surface area contributed by atoms with Gasteiger partial charge in [-0.05, 0) is 23.8 Å². The quantitative estimate of drug-likeness (QED) is 0.519. The molecule has 18 heavy (non-hydrogen) atoms. The van der Waals surface area contributed by atoms with E-state index in [0.29, 0.717) is 0 Å². The van der Waals surface area contributed by atoms with Crippen molar-refractivity contribution in [2.24, 2.45) is 0 Å². The van der Waals surface area contributed by atoms with Crippen molar-refractivity contribution in [3.63, 3.8) is 0 Å². The summed E-state index contributed by atoms with van der Waals surface area (Å²) in [6.07, 6.45) is 3.47. The van der Waals surface area contributed by atoms with Crippen LogP contribution < -0.4 is 0 Å². The molecular formula is C14H12N2OS. The second kappa shape index (κ2) is 6.80. The zero-order chi connectivity index (χ0) is 12.6. The molecule has 2 aromatic rings. The van der Waals surface area contributed by atoms with E-state index in [1.54, 1.807) is 30.2 Å². The van der Waals surface area contributed by atoms with Crippen LogP contribution in [-0.2, 0) is 5.75 Å². The molecule has 0 fully saturated rings. The Bertz CT molecular complexity index is 561. The standard InChI is InChI=1S/C14H12N2OS/c17-9-2-6-12-4-1-5-13(10-12)11-18-14-15-7-3-8-16-14/h1,3-5,7-8,10,17H,9,11H2. The lowest BCUT2D eigenvalue weighted by Crippen LogP contribution is -1.87. The number of thioether (sulfide) groups is 1. The van der Waals surface area contributed by atoms with Gasteiger partial charge < -0.3 is 5.11 Å².